The number of halogens is 1. The van der Waals surface area contributed by atoms with Gasteiger partial charge in [-0.05, 0) is 49.2 Å². The van der Waals surface area contributed by atoms with Crippen molar-refractivity contribution >= 4 is 17.5 Å². The van der Waals surface area contributed by atoms with Crippen LogP contribution in [0.2, 0.25) is 0 Å². The summed E-state index contributed by atoms with van der Waals surface area (Å²) in [5.74, 6) is 0.881. The van der Waals surface area contributed by atoms with Crippen LogP contribution in [-0.4, -0.2) is 22.9 Å². The van der Waals surface area contributed by atoms with Crippen molar-refractivity contribution in [3.8, 4) is 11.4 Å². The maximum absolute atomic E-state index is 13.0. The van der Waals surface area contributed by atoms with Gasteiger partial charge in [0, 0.05) is 17.8 Å². The van der Waals surface area contributed by atoms with E-state index < -0.39 is 6.03 Å². The maximum Gasteiger partial charge on any atom is 0.324 e. The molecule has 7 heteroatoms. The van der Waals surface area contributed by atoms with E-state index in [1.165, 1.54) is 24.3 Å². The van der Waals surface area contributed by atoms with Gasteiger partial charge in [0.15, 0.2) is 0 Å². The SMILES string of the molecule is CCCCc1cc(NC(=O)Nc2ccc(F)cc2)n(-c2cccc(OC)c2)n1. The Balaban J connectivity index is 1.84. The van der Waals surface area contributed by atoms with Gasteiger partial charge in [-0.3, -0.25) is 5.32 Å². The first kappa shape index (κ1) is 19.4. The Morgan fingerprint density at radius 2 is 1.93 bits per heavy atom. The van der Waals surface area contributed by atoms with Gasteiger partial charge in [0.1, 0.15) is 17.4 Å². The highest BCUT2D eigenvalue weighted by Crippen LogP contribution is 2.22. The molecule has 0 radical (unpaired) electrons. The van der Waals surface area contributed by atoms with Crippen LogP contribution in [0.4, 0.5) is 20.7 Å². The number of aryl methyl sites for hydroxylation is 1. The fourth-order valence-electron chi connectivity index (χ4n) is 2.75. The minimum Gasteiger partial charge on any atom is -0.497 e. The number of carbonyl (C=O) groups is 1. The lowest BCUT2D eigenvalue weighted by molar-refractivity contribution is 0.262. The summed E-state index contributed by atoms with van der Waals surface area (Å²) in [6.07, 6.45) is 2.89. The first-order chi connectivity index (χ1) is 13.6. The van der Waals surface area contributed by atoms with Crippen molar-refractivity contribution < 1.29 is 13.9 Å². The Morgan fingerprint density at radius 1 is 1.14 bits per heavy atom. The van der Waals surface area contributed by atoms with E-state index in [1.807, 2.05) is 30.3 Å². The Kier molecular flexibility index (Phi) is 6.26. The van der Waals surface area contributed by atoms with Crippen LogP contribution >= 0.6 is 0 Å². The van der Waals surface area contributed by atoms with Crippen molar-refractivity contribution in [3.63, 3.8) is 0 Å². The summed E-state index contributed by atoms with van der Waals surface area (Å²) in [6, 6.07) is 14.5. The number of hydrogen-bond donors (Lipinski definition) is 2. The molecule has 0 bridgehead atoms. The normalized spacial score (nSPS) is 10.5. The van der Waals surface area contributed by atoms with Crippen molar-refractivity contribution in [3.05, 3.63) is 66.1 Å². The lowest BCUT2D eigenvalue weighted by Crippen LogP contribution is -2.21. The van der Waals surface area contributed by atoms with Crippen molar-refractivity contribution in [1.82, 2.24) is 9.78 Å². The van der Waals surface area contributed by atoms with Crippen LogP contribution in [0, 0.1) is 5.82 Å². The molecule has 6 nitrogen and oxygen atoms in total. The average Bonchev–Trinajstić information content (AvgIpc) is 3.10. The van der Waals surface area contributed by atoms with Gasteiger partial charge in [-0.25, -0.2) is 13.9 Å². The molecule has 2 N–H and O–H groups in total. The minimum atomic E-state index is -0.433. The van der Waals surface area contributed by atoms with Gasteiger partial charge >= 0.3 is 6.03 Å². The van der Waals surface area contributed by atoms with Crippen molar-refractivity contribution in [2.75, 3.05) is 17.7 Å². The van der Waals surface area contributed by atoms with Gasteiger partial charge in [0.25, 0.3) is 0 Å². The molecule has 0 atom stereocenters. The lowest BCUT2D eigenvalue weighted by Gasteiger charge is -2.11. The summed E-state index contributed by atoms with van der Waals surface area (Å²) in [5.41, 5.74) is 2.17. The second kappa shape index (κ2) is 9.03. The molecule has 2 amide bonds. The standard InChI is InChI=1S/C21H23FN4O2/c1-3-4-6-17-13-20(24-21(27)23-16-11-9-15(22)10-12-16)26(25-17)18-7-5-8-19(14-18)28-2/h5,7-14H,3-4,6H2,1-2H3,(H2,23,24,27). The highest BCUT2D eigenvalue weighted by atomic mass is 19.1. The molecule has 3 rings (SSSR count). The molecule has 1 aromatic heterocycles. The van der Waals surface area contributed by atoms with Crippen LogP contribution in [0.1, 0.15) is 25.5 Å². The zero-order valence-corrected chi connectivity index (χ0v) is 15.9. The van der Waals surface area contributed by atoms with Gasteiger partial charge in [-0.2, -0.15) is 5.10 Å². The quantitative estimate of drug-likeness (QED) is 0.604. The molecular weight excluding hydrogens is 359 g/mol. The van der Waals surface area contributed by atoms with E-state index in [0.29, 0.717) is 17.3 Å². The number of hydrogen-bond acceptors (Lipinski definition) is 3. The maximum atomic E-state index is 13.0. The first-order valence-electron chi connectivity index (χ1n) is 9.16. The summed E-state index contributed by atoms with van der Waals surface area (Å²) in [7, 11) is 1.60. The molecule has 0 saturated heterocycles. The largest absolute Gasteiger partial charge is 0.497 e. The van der Waals surface area contributed by atoms with Gasteiger partial charge in [-0.15, -0.1) is 0 Å². The number of amides is 2. The van der Waals surface area contributed by atoms with Gasteiger partial charge < -0.3 is 10.1 Å². The number of benzene rings is 2. The van der Waals surface area contributed by atoms with Gasteiger partial charge in [0.2, 0.25) is 0 Å². The van der Waals surface area contributed by atoms with Crippen molar-refractivity contribution in [2.45, 2.75) is 26.2 Å². The van der Waals surface area contributed by atoms with Crippen LogP contribution in [0.5, 0.6) is 5.75 Å². The molecule has 0 spiro atoms. The third kappa shape index (κ3) is 4.88. The summed E-state index contributed by atoms with van der Waals surface area (Å²) in [4.78, 5) is 12.4. The van der Waals surface area contributed by atoms with E-state index in [-0.39, 0.29) is 5.82 Å². The van der Waals surface area contributed by atoms with Crippen LogP contribution in [0.25, 0.3) is 5.69 Å². The first-order valence-corrected chi connectivity index (χ1v) is 9.16. The van der Waals surface area contributed by atoms with Crippen LogP contribution < -0.4 is 15.4 Å². The zero-order chi connectivity index (χ0) is 19.9. The number of methoxy groups -OCH3 is 1. The summed E-state index contributed by atoms with van der Waals surface area (Å²) < 4.78 is 20.0. The fraction of sp³-hybridized carbons (Fsp3) is 0.238. The number of nitrogens with zero attached hydrogens (tertiary/aromatic N) is 2. The second-order valence-electron chi connectivity index (χ2n) is 6.32. The van der Waals surface area contributed by atoms with Crippen molar-refractivity contribution in [2.24, 2.45) is 0 Å². The topological polar surface area (TPSA) is 68.2 Å². The number of rotatable bonds is 7. The summed E-state index contributed by atoms with van der Waals surface area (Å²) in [6.45, 7) is 2.12. The highest BCUT2D eigenvalue weighted by molar-refractivity contribution is 5.99. The monoisotopic (exact) mass is 382 g/mol. The number of unbranched alkanes of at least 4 members (excludes halogenated alkanes) is 1. The van der Waals surface area contributed by atoms with Gasteiger partial charge in [0.05, 0.1) is 18.5 Å². The Labute approximate surface area is 163 Å². The Hall–Kier alpha value is -3.35. The molecule has 1 heterocycles. The smallest absolute Gasteiger partial charge is 0.324 e. The van der Waals surface area contributed by atoms with E-state index in [0.717, 1.165) is 30.6 Å². The van der Waals surface area contributed by atoms with E-state index in [4.69, 9.17) is 4.74 Å². The third-order valence-electron chi connectivity index (χ3n) is 4.19. The van der Waals surface area contributed by atoms with Crippen LogP contribution in [0.3, 0.4) is 0 Å². The molecule has 146 valence electrons. The molecule has 0 unspecified atom stereocenters. The van der Waals surface area contributed by atoms with E-state index in [9.17, 15) is 9.18 Å². The van der Waals surface area contributed by atoms with E-state index in [1.54, 1.807) is 11.8 Å². The minimum absolute atomic E-state index is 0.359. The molecule has 28 heavy (non-hydrogen) atoms. The fourth-order valence-corrected chi connectivity index (χ4v) is 2.75. The number of carbonyl (C=O) groups excluding carboxylic acids is 1. The molecule has 0 aliphatic carbocycles. The Morgan fingerprint density at radius 3 is 2.64 bits per heavy atom. The zero-order valence-electron chi connectivity index (χ0n) is 15.9. The average molecular weight is 382 g/mol. The Bertz CT molecular complexity index is 938. The van der Waals surface area contributed by atoms with E-state index >= 15 is 0 Å². The predicted molar refractivity (Wildman–Crippen MR) is 108 cm³/mol. The molecule has 0 aliphatic heterocycles. The summed E-state index contributed by atoms with van der Waals surface area (Å²) >= 11 is 0. The van der Waals surface area contributed by atoms with Crippen molar-refractivity contribution in [1.29, 1.82) is 0 Å². The molecule has 3 aromatic rings. The molecule has 2 aromatic carbocycles. The summed E-state index contributed by atoms with van der Waals surface area (Å²) in [5, 5.41) is 10.1. The molecule has 0 saturated carbocycles. The number of ether oxygens (including phenoxy) is 1. The van der Waals surface area contributed by atoms with Gasteiger partial charge in [-0.1, -0.05) is 19.4 Å². The van der Waals surface area contributed by atoms with Crippen LogP contribution in [-0.2, 0) is 6.42 Å². The van der Waals surface area contributed by atoms with E-state index in [2.05, 4.69) is 22.7 Å². The predicted octanol–water partition coefficient (Wildman–Crippen LogP) is 5.01. The number of aromatic nitrogens is 2. The number of anilines is 2. The number of urea groups is 1. The molecular formula is C21H23FN4O2. The lowest BCUT2D eigenvalue weighted by atomic mass is 10.2. The molecule has 0 aliphatic rings. The van der Waals surface area contributed by atoms with Crippen LogP contribution in [0.15, 0.2) is 54.6 Å². The highest BCUT2D eigenvalue weighted by Gasteiger charge is 2.13. The second-order valence-corrected chi connectivity index (χ2v) is 6.32. The molecule has 0 fully saturated rings. The third-order valence-corrected chi connectivity index (χ3v) is 4.19. The number of nitrogens with one attached hydrogen (secondary N) is 2.